The fourth-order valence-corrected chi connectivity index (χ4v) is 2.49. The van der Waals surface area contributed by atoms with Gasteiger partial charge in [0, 0.05) is 32.6 Å². The number of alkyl halides is 5. The Morgan fingerprint density at radius 2 is 1.80 bits per heavy atom. The van der Waals surface area contributed by atoms with Crippen LogP contribution in [0.25, 0.3) is 0 Å². The van der Waals surface area contributed by atoms with Crippen LogP contribution in [-0.4, -0.2) is 73.1 Å². The molecule has 0 aromatic rings. The summed E-state index contributed by atoms with van der Waals surface area (Å²) in [6.45, 7) is -1.05. The molecule has 0 radical (unpaired) electrons. The highest BCUT2D eigenvalue weighted by atomic mass is 19.4. The molecular weight excluding hydrogens is 285 g/mol. The summed E-state index contributed by atoms with van der Waals surface area (Å²) >= 11 is 0. The van der Waals surface area contributed by atoms with Gasteiger partial charge in [0.15, 0.2) is 0 Å². The Morgan fingerprint density at radius 3 is 2.25 bits per heavy atom. The highest BCUT2D eigenvalue weighted by molar-refractivity contribution is 5.82. The molecular formula is C11H16F5N3O. The van der Waals surface area contributed by atoms with Crippen molar-refractivity contribution in [2.45, 2.75) is 24.6 Å². The normalized spacial score (nSPS) is 27.9. The number of carbonyl (C=O) groups excluding carboxylic acids is 1. The first-order valence-corrected chi connectivity index (χ1v) is 6.35. The highest BCUT2D eigenvalue weighted by Crippen LogP contribution is 2.26. The molecule has 0 spiro atoms. The summed E-state index contributed by atoms with van der Waals surface area (Å²) in [7, 11) is 0. The lowest BCUT2D eigenvalue weighted by atomic mass is 10.1. The van der Waals surface area contributed by atoms with E-state index in [1.165, 1.54) is 9.80 Å². The van der Waals surface area contributed by atoms with Crippen LogP contribution in [0.4, 0.5) is 22.0 Å². The first kappa shape index (κ1) is 15.4. The van der Waals surface area contributed by atoms with E-state index in [2.05, 4.69) is 5.32 Å². The van der Waals surface area contributed by atoms with E-state index in [4.69, 9.17) is 0 Å². The van der Waals surface area contributed by atoms with Gasteiger partial charge in [-0.15, -0.1) is 0 Å². The number of piperazine rings is 1. The Hall–Kier alpha value is -0.960. The van der Waals surface area contributed by atoms with Crippen molar-refractivity contribution >= 4 is 5.91 Å². The van der Waals surface area contributed by atoms with Crippen molar-refractivity contribution < 1.29 is 26.7 Å². The van der Waals surface area contributed by atoms with Crippen LogP contribution < -0.4 is 5.32 Å². The second kappa shape index (κ2) is 5.44. The third kappa shape index (κ3) is 4.02. The number of amides is 1. The van der Waals surface area contributed by atoms with Gasteiger partial charge in [0.25, 0.3) is 5.92 Å². The van der Waals surface area contributed by atoms with Gasteiger partial charge in [-0.2, -0.15) is 13.2 Å². The quantitative estimate of drug-likeness (QED) is 0.762. The maximum absolute atomic E-state index is 13.0. The van der Waals surface area contributed by atoms with Crippen molar-refractivity contribution in [3.05, 3.63) is 0 Å². The Kier molecular flexibility index (Phi) is 4.19. The summed E-state index contributed by atoms with van der Waals surface area (Å²) in [5.41, 5.74) is 0. The molecule has 2 aliphatic heterocycles. The van der Waals surface area contributed by atoms with Gasteiger partial charge in [-0.1, -0.05) is 0 Å². The Labute approximate surface area is 112 Å². The summed E-state index contributed by atoms with van der Waals surface area (Å²) in [4.78, 5) is 14.5. The Morgan fingerprint density at radius 1 is 1.20 bits per heavy atom. The van der Waals surface area contributed by atoms with Crippen LogP contribution in [0, 0.1) is 0 Å². The molecule has 0 aliphatic carbocycles. The summed E-state index contributed by atoms with van der Waals surface area (Å²) < 4.78 is 62.6. The summed E-state index contributed by atoms with van der Waals surface area (Å²) in [6.07, 6.45) is -4.81. The van der Waals surface area contributed by atoms with E-state index < -0.39 is 43.6 Å². The first-order valence-electron chi connectivity index (χ1n) is 6.35. The molecule has 20 heavy (non-hydrogen) atoms. The molecule has 1 amide bonds. The molecule has 9 heteroatoms. The molecule has 2 saturated heterocycles. The van der Waals surface area contributed by atoms with Crippen LogP contribution in [0.3, 0.4) is 0 Å². The molecule has 0 aromatic heterocycles. The number of rotatable bonds is 2. The topological polar surface area (TPSA) is 35.6 Å². The zero-order valence-corrected chi connectivity index (χ0v) is 10.7. The third-order valence-corrected chi connectivity index (χ3v) is 3.49. The van der Waals surface area contributed by atoms with Gasteiger partial charge in [-0.3, -0.25) is 15.0 Å². The monoisotopic (exact) mass is 301 g/mol. The molecule has 2 aliphatic rings. The minimum atomic E-state index is -4.26. The average molecular weight is 301 g/mol. The van der Waals surface area contributed by atoms with Crippen LogP contribution in [0.5, 0.6) is 0 Å². The molecule has 0 saturated carbocycles. The van der Waals surface area contributed by atoms with Gasteiger partial charge in [0.05, 0.1) is 19.1 Å². The van der Waals surface area contributed by atoms with Gasteiger partial charge in [0.1, 0.15) is 0 Å². The number of nitrogens with zero attached hydrogens (tertiary/aromatic N) is 2. The number of halogens is 5. The molecule has 116 valence electrons. The maximum Gasteiger partial charge on any atom is 0.401 e. The summed E-state index contributed by atoms with van der Waals surface area (Å²) in [5.74, 6) is -3.34. The maximum atomic E-state index is 13.0. The Bertz CT molecular complexity index is 366. The number of carbonyl (C=O) groups is 1. The Balaban J connectivity index is 1.81. The zero-order chi connectivity index (χ0) is 15.0. The predicted octanol–water partition coefficient (Wildman–Crippen LogP) is 0.690. The van der Waals surface area contributed by atoms with Crippen molar-refractivity contribution in [2.75, 3.05) is 39.3 Å². The molecule has 4 nitrogen and oxygen atoms in total. The second-order valence-electron chi connectivity index (χ2n) is 5.21. The molecule has 2 heterocycles. The van der Waals surface area contributed by atoms with E-state index in [0.717, 1.165) is 0 Å². The van der Waals surface area contributed by atoms with Crippen LogP contribution >= 0.6 is 0 Å². The lowest BCUT2D eigenvalue weighted by molar-refractivity contribution is -0.152. The van der Waals surface area contributed by atoms with Crippen molar-refractivity contribution in [2.24, 2.45) is 0 Å². The fourth-order valence-electron chi connectivity index (χ4n) is 2.49. The van der Waals surface area contributed by atoms with Crippen LogP contribution in [0.1, 0.15) is 6.42 Å². The molecule has 2 rings (SSSR count). The molecule has 1 N–H and O–H groups in total. The van der Waals surface area contributed by atoms with E-state index in [1.54, 1.807) is 0 Å². The first-order chi connectivity index (χ1) is 9.16. The van der Waals surface area contributed by atoms with E-state index in [0.29, 0.717) is 0 Å². The standard InChI is InChI=1S/C11H16F5N3O/c12-10(13)5-8(17-6-10)9(20)19-3-1-18(2-4-19)7-11(14,15)16/h8,17H,1-7H2. The van der Waals surface area contributed by atoms with Crippen LogP contribution in [0.15, 0.2) is 0 Å². The smallest absolute Gasteiger partial charge is 0.339 e. The van der Waals surface area contributed by atoms with Gasteiger partial charge in [-0.25, -0.2) is 8.78 Å². The van der Waals surface area contributed by atoms with Crippen molar-refractivity contribution in [3.63, 3.8) is 0 Å². The van der Waals surface area contributed by atoms with Gasteiger partial charge in [0.2, 0.25) is 5.91 Å². The molecule has 0 aromatic carbocycles. The molecule has 0 bridgehead atoms. The lowest BCUT2D eigenvalue weighted by Crippen LogP contribution is -2.54. The van der Waals surface area contributed by atoms with Gasteiger partial charge >= 0.3 is 6.18 Å². The van der Waals surface area contributed by atoms with E-state index in [9.17, 15) is 26.7 Å². The van der Waals surface area contributed by atoms with Crippen molar-refractivity contribution in [3.8, 4) is 0 Å². The van der Waals surface area contributed by atoms with E-state index in [-0.39, 0.29) is 26.2 Å². The van der Waals surface area contributed by atoms with E-state index in [1.807, 2.05) is 0 Å². The largest absolute Gasteiger partial charge is 0.401 e. The third-order valence-electron chi connectivity index (χ3n) is 3.49. The molecule has 1 unspecified atom stereocenters. The number of nitrogens with one attached hydrogen (secondary N) is 1. The van der Waals surface area contributed by atoms with Gasteiger partial charge < -0.3 is 4.90 Å². The predicted molar refractivity (Wildman–Crippen MR) is 60.4 cm³/mol. The lowest BCUT2D eigenvalue weighted by Gasteiger charge is -2.36. The average Bonchev–Trinajstić information content (AvgIpc) is 2.68. The molecule has 1 atom stereocenters. The van der Waals surface area contributed by atoms with Crippen LogP contribution in [0.2, 0.25) is 0 Å². The van der Waals surface area contributed by atoms with Crippen molar-refractivity contribution in [1.82, 2.24) is 15.1 Å². The zero-order valence-electron chi connectivity index (χ0n) is 10.7. The minimum absolute atomic E-state index is 0.106. The molecule has 2 fully saturated rings. The fraction of sp³-hybridized carbons (Fsp3) is 0.909. The van der Waals surface area contributed by atoms with E-state index >= 15 is 0 Å². The summed E-state index contributed by atoms with van der Waals surface area (Å²) in [5, 5.41) is 2.46. The minimum Gasteiger partial charge on any atom is -0.339 e. The van der Waals surface area contributed by atoms with Crippen LogP contribution in [-0.2, 0) is 4.79 Å². The second-order valence-corrected chi connectivity index (χ2v) is 5.21. The van der Waals surface area contributed by atoms with Gasteiger partial charge in [-0.05, 0) is 0 Å². The number of hydrogen-bond donors (Lipinski definition) is 1. The van der Waals surface area contributed by atoms with Crippen molar-refractivity contribution in [1.29, 1.82) is 0 Å². The highest BCUT2D eigenvalue weighted by Gasteiger charge is 2.44. The number of hydrogen-bond acceptors (Lipinski definition) is 3. The SMILES string of the molecule is O=C(C1CC(F)(F)CN1)N1CCN(CC(F)(F)F)CC1. The summed E-state index contributed by atoms with van der Waals surface area (Å²) in [6, 6.07) is -0.931.